The monoisotopic (exact) mass is 478 g/mol. The molecule has 180 valence electrons. The van der Waals surface area contributed by atoms with Crippen molar-refractivity contribution in [1.29, 1.82) is 0 Å². The van der Waals surface area contributed by atoms with E-state index in [2.05, 4.69) is 35.8 Å². The Labute approximate surface area is 199 Å². The van der Waals surface area contributed by atoms with Gasteiger partial charge in [0.25, 0.3) is 5.91 Å². The number of phenolic OH excluding ortho intramolecular Hbond substituents is 1. The average Bonchev–Trinajstić information content (AvgIpc) is 3.48. The van der Waals surface area contributed by atoms with Gasteiger partial charge in [0.15, 0.2) is 17.2 Å². The normalized spacial score (nSPS) is 11.0. The van der Waals surface area contributed by atoms with Gasteiger partial charge in [0.1, 0.15) is 11.4 Å². The molecule has 0 fully saturated rings. The highest BCUT2D eigenvalue weighted by Crippen LogP contribution is 2.28. The van der Waals surface area contributed by atoms with E-state index in [9.17, 15) is 9.90 Å². The lowest BCUT2D eigenvalue weighted by atomic mass is 10.1. The van der Waals surface area contributed by atoms with Crippen molar-refractivity contribution in [3.63, 3.8) is 0 Å². The van der Waals surface area contributed by atoms with E-state index in [1.165, 1.54) is 17.0 Å². The Morgan fingerprint density at radius 2 is 1.94 bits per heavy atom. The fourth-order valence-corrected chi connectivity index (χ4v) is 3.16. The van der Waals surface area contributed by atoms with Gasteiger partial charge in [-0.2, -0.15) is 9.78 Å². The Balaban J connectivity index is 1.63. The number of nitrogens with zero attached hydrogens (tertiary/aromatic N) is 6. The summed E-state index contributed by atoms with van der Waals surface area (Å²) in [7, 11) is 0. The molecule has 0 aliphatic heterocycles. The lowest BCUT2D eigenvalue weighted by Gasteiger charge is -2.08. The number of hydrogen-bond donors (Lipinski definition) is 3. The molecular formula is C22H22N8O5. The summed E-state index contributed by atoms with van der Waals surface area (Å²) in [5, 5.41) is 29.1. The number of nitrogen functional groups attached to an aromatic ring is 1. The molecule has 0 unspecified atom stereocenters. The van der Waals surface area contributed by atoms with Crippen LogP contribution in [0.2, 0.25) is 0 Å². The maximum atomic E-state index is 13.0. The van der Waals surface area contributed by atoms with Crippen LogP contribution in [0.1, 0.15) is 29.9 Å². The lowest BCUT2D eigenvalue weighted by molar-refractivity contribution is 0.0950. The van der Waals surface area contributed by atoms with Crippen LogP contribution < -0.4 is 20.6 Å². The predicted molar refractivity (Wildman–Crippen MR) is 125 cm³/mol. The third-order valence-corrected chi connectivity index (χ3v) is 4.68. The molecule has 0 aliphatic carbocycles. The number of nitrogens with one attached hydrogen (secondary N) is 1. The highest BCUT2D eigenvalue weighted by atomic mass is 16.6. The quantitative estimate of drug-likeness (QED) is 0.239. The molecule has 4 N–H and O–H groups in total. The summed E-state index contributed by atoms with van der Waals surface area (Å²) >= 11 is 0. The molecule has 1 amide bonds. The first-order valence-electron chi connectivity index (χ1n) is 10.6. The van der Waals surface area contributed by atoms with Crippen molar-refractivity contribution in [3.05, 3.63) is 53.7 Å². The first-order chi connectivity index (χ1) is 17.0. The van der Waals surface area contributed by atoms with Gasteiger partial charge in [-0.3, -0.25) is 4.79 Å². The molecule has 0 spiro atoms. The van der Waals surface area contributed by atoms with Gasteiger partial charge >= 0.3 is 0 Å². The Kier molecular flexibility index (Phi) is 6.86. The predicted octanol–water partition coefficient (Wildman–Crippen LogP) is 2.17. The number of nitrogens with two attached hydrogens (primary N) is 1. The number of aromatic nitrogens is 5. The van der Waals surface area contributed by atoms with Crippen LogP contribution in [0.5, 0.6) is 17.2 Å². The largest absolute Gasteiger partial charge is 0.504 e. The van der Waals surface area contributed by atoms with Gasteiger partial charge in [-0.25, -0.2) is 10.1 Å². The molecule has 13 heteroatoms. The third kappa shape index (κ3) is 5.03. The van der Waals surface area contributed by atoms with Gasteiger partial charge in [-0.05, 0) is 72.2 Å². The van der Waals surface area contributed by atoms with E-state index in [1.807, 2.05) is 6.92 Å². The smallest absolute Gasteiger partial charge is 0.294 e. The minimum absolute atomic E-state index is 0.00580. The van der Waals surface area contributed by atoms with Crippen LogP contribution >= 0.6 is 0 Å². The Morgan fingerprint density at radius 3 is 2.63 bits per heavy atom. The number of carbonyl (C=O) groups excluding carboxylic acids is 1. The summed E-state index contributed by atoms with van der Waals surface area (Å²) in [6, 6.07) is 11.7. The number of benzene rings is 2. The van der Waals surface area contributed by atoms with E-state index in [0.717, 1.165) is 0 Å². The molecular weight excluding hydrogens is 456 g/mol. The van der Waals surface area contributed by atoms with Crippen LogP contribution in [0.4, 0.5) is 5.82 Å². The number of carbonyl (C=O) groups is 1. The average molecular weight is 478 g/mol. The number of rotatable bonds is 9. The number of aromatic hydroxyl groups is 1. The number of hydrazone groups is 1. The minimum atomic E-state index is -0.629. The fraction of sp³-hybridized carbons (Fsp3) is 0.182. The van der Waals surface area contributed by atoms with Gasteiger partial charge in [0.2, 0.25) is 11.6 Å². The number of ether oxygens (including phenoxy) is 2. The Bertz CT molecular complexity index is 1350. The molecule has 0 radical (unpaired) electrons. The van der Waals surface area contributed by atoms with Crippen molar-refractivity contribution in [3.8, 4) is 34.3 Å². The van der Waals surface area contributed by atoms with Crippen LogP contribution in [-0.2, 0) is 0 Å². The SMILES string of the molecule is CCOc1ccc(-c2c(C(=O)N/N=C/c3ccc(O)c(OCC)c3)nnn2-c2nonc2N)cc1. The molecule has 35 heavy (non-hydrogen) atoms. The molecule has 0 aliphatic rings. The van der Waals surface area contributed by atoms with E-state index < -0.39 is 5.91 Å². The summed E-state index contributed by atoms with van der Waals surface area (Å²) in [5.41, 5.74) is 9.71. The molecule has 13 nitrogen and oxygen atoms in total. The molecule has 2 aromatic carbocycles. The van der Waals surface area contributed by atoms with Gasteiger partial charge in [0.05, 0.1) is 19.4 Å². The molecule has 2 aromatic heterocycles. The van der Waals surface area contributed by atoms with Crippen LogP contribution in [0, 0.1) is 0 Å². The molecule has 4 aromatic rings. The summed E-state index contributed by atoms with van der Waals surface area (Å²) in [4.78, 5) is 13.0. The number of hydrogen-bond acceptors (Lipinski definition) is 11. The molecule has 0 bridgehead atoms. The van der Waals surface area contributed by atoms with Crippen molar-refractivity contribution < 1.29 is 24.0 Å². The van der Waals surface area contributed by atoms with E-state index in [0.29, 0.717) is 41.5 Å². The Hall–Kier alpha value is -4.94. The van der Waals surface area contributed by atoms with Gasteiger partial charge in [-0.15, -0.1) is 5.10 Å². The Morgan fingerprint density at radius 1 is 1.17 bits per heavy atom. The number of amides is 1. The van der Waals surface area contributed by atoms with Gasteiger partial charge in [0, 0.05) is 5.56 Å². The second kappa shape index (κ2) is 10.3. The lowest BCUT2D eigenvalue weighted by Crippen LogP contribution is -2.19. The highest BCUT2D eigenvalue weighted by Gasteiger charge is 2.25. The van der Waals surface area contributed by atoms with Crippen molar-refractivity contribution in [2.75, 3.05) is 18.9 Å². The first kappa shape index (κ1) is 23.2. The summed E-state index contributed by atoms with van der Waals surface area (Å²) < 4.78 is 16.8. The molecule has 0 saturated heterocycles. The van der Waals surface area contributed by atoms with E-state index in [1.54, 1.807) is 43.3 Å². The van der Waals surface area contributed by atoms with Crippen LogP contribution in [0.25, 0.3) is 17.1 Å². The van der Waals surface area contributed by atoms with E-state index in [4.69, 9.17) is 15.2 Å². The van der Waals surface area contributed by atoms with Crippen molar-refractivity contribution >= 4 is 17.9 Å². The van der Waals surface area contributed by atoms with Crippen LogP contribution in [0.3, 0.4) is 0 Å². The van der Waals surface area contributed by atoms with Crippen LogP contribution in [0.15, 0.2) is 52.2 Å². The minimum Gasteiger partial charge on any atom is -0.504 e. The summed E-state index contributed by atoms with van der Waals surface area (Å²) in [5.74, 6) is 0.401. The highest BCUT2D eigenvalue weighted by molar-refractivity contribution is 5.98. The summed E-state index contributed by atoms with van der Waals surface area (Å²) in [6.45, 7) is 4.59. The summed E-state index contributed by atoms with van der Waals surface area (Å²) in [6.07, 6.45) is 1.40. The van der Waals surface area contributed by atoms with Crippen LogP contribution in [-0.4, -0.2) is 55.7 Å². The standard InChI is InChI=1S/C22H22N8O5/c1-3-33-15-8-6-14(7-9-15)19-18(25-29-30(19)21-20(23)27-35-28-21)22(32)26-24-12-13-5-10-16(31)17(11-13)34-4-2/h5-12,31H,3-4H2,1-2H3,(H2,23,27)(H,26,32)/b24-12+. The number of phenols is 1. The molecule has 0 saturated carbocycles. The van der Waals surface area contributed by atoms with Crippen molar-refractivity contribution in [2.45, 2.75) is 13.8 Å². The third-order valence-electron chi connectivity index (χ3n) is 4.68. The zero-order valence-corrected chi connectivity index (χ0v) is 18.9. The van der Waals surface area contributed by atoms with Crippen molar-refractivity contribution in [1.82, 2.24) is 30.7 Å². The first-order valence-corrected chi connectivity index (χ1v) is 10.6. The number of anilines is 1. The van der Waals surface area contributed by atoms with E-state index >= 15 is 0 Å². The van der Waals surface area contributed by atoms with Crippen molar-refractivity contribution in [2.24, 2.45) is 5.10 Å². The maximum Gasteiger partial charge on any atom is 0.294 e. The molecule has 0 atom stereocenters. The van der Waals surface area contributed by atoms with Gasteiger partial charge < -0.3 is 20.3 Å². The topological polar surface area (TPSA) is 176 Å². The van der Waals surface area contributed by atoms with Gasteiger partial charge in [-0.1, -0.05) is 5.21 Å². The zero-order chi connectivity index (χ0) is 24.8. The second-order valence-corrected chi connectivity index (χ2v) is 6.99. The fourth-order valence-electron chi connectivity index (χ4n) is 3.16. The second-order valence-electron chi connectivity index (χ2n) is 6.99. The maximum absolute atomic E-state index is 13.0. The zero-order valence-electron chi connectivity index (χ0n) is 18.9. The molecule has 4 rings (SSSR count). The van der Waals surface area contributed by atoms with E-state index in [-0.39, 0.29) is 23.1 Å². The molecule has 2 heterocycles.